The Hall–Kier alpha value is -2.09. The van der Waals surface area contributed by atoms with E-state index in [0.29, 0.717) is 18.6 Å². The molecule has 0 unspecified atom stereocenters. The molecule has 1 N–H and O–H groups in total. The van der Waals surface area contributed by atoms with Gasteiger partial charge in [0.2, 0.25) is 0 Å². The molecule has 0 radical (unpaired) electrons. The lowest BCUT2D eigenvalue weighted by Crippen LogP contribution is -2.62. The maximum atomic E-state index is 13.9. The molecule has 8 heteroatoms. The minimum Gasteiger partial charge on any atom is -0.483 e. The van der Waals surface area contributed by atoms with Crippen LogP contribution in [0.4, 0.5) is 13.2 Å². The number of carbonyl (C=O) groups excluding carboxylic acids is 1. The van der Waals surface area contributed by atoms with Gasteiger partial charge in [-0.2, -0.15) is 23.3 Å². The van der Waals surface area contributed by atoms with Gasteiger partial charge in [-0.05, 0) is 48.8 Å². The number of rotatable bonds is 4. The van der Waals surface area contributed by atoms with Crippen LogP contribution >= 0.6 is 0 Å². The van der Waals surface area contributed by atoms with Gasteiger partial charge < -0.3 is 9.84 Å². The Kier molecular flexibility index (Phi) is 5.69. The average molecular weight is 412 g/mol. The van der Waals surface area contributed by atoms with Gasteiger partial charge in [-0.25, -0.2) is 0 Å². The number of ether oxygens (including phenoxy) is 1. The molecule has 0 bridgehead atoms. The van der Waals surface area contributed by atoms with Crippen LogP contribution in [0, 0.1) is 18.8 Å². The van der Waals surface area contributed by atoms with Crippen LogP contribution in [-0.4, -0.2) is 40.2 Å². The van der Waals surface area contributed by atoms with Crippen LogP contribution in [0.15, 0.2) is 23.3 Å². The SMILES string of the molecule is Cc1ccc(C(C)C)c(OCC(=O)N2N=C3[C@H](C)CCC[C@H]3[C@]2(O)C(F)(F)F)c1. The number of aryl methyl sites for hydroxylation is 1. The van der Waals surface area contributed by atoms with E-state index in [0.717, 1.165) is 11.1 Å². The lowest BCUT2D eigenvalue weighted by molar-refractivity contribution is -0.317. The van der Waals surface area contributed by atoms with Crippen LogP contribution in [-0.2, 0) is 4.79 Å². The smallest absolute Gasteiger partial charge is 0.439 e. The topological polar surface area (TPSA) is 62.1 Å². The zero-order valence-corrected chi connectivity index (χ0v) is 17.1. The molecule has 1 aliphatic heterocycles. The molecule has 1 saturated carbocycles. The van der Waals surface area contributed by atoms with E-state index < -0.39 is 30.3 Å². The van der Waals surface area contributed by atoms with Crippen LogP contribution in [0.2, 0.25) is 0 Å². The van der Waals surface area contributed by atoms with Crippen molar-refractivity contribution in [2.45, 2.75) is 64.8 Å². The summed E-state index contributed by atoms with van der Waals surface area (Å²) in [4.78, 5) is 12.7. The van der Waals surface area contributed by atoms with E-state index in [4.69, 9.17) is 4.74 Å². The van der Waals surface area contributed by atoms with Crippen LogP contribution in [0.3, 0.4) is 0 Å². The Morgan fingerprint density at radius 3 is 2.69 bits per heavy atom. The second-order valence-electron chi connectivity index (χ2n) is 8.32. The molecule has 1 heterocycles. The number of carbonyl (C=O) groups is 1. The maximum Gasteiger partial charge on any atom is 0.439 e. The number of hydrogen-bond donors (Lipinski definition) is 1. The Labute approximate surface area is 168 Å². The summed E-state index contributed by atoms with van der Waals surface area (Å²) in [6, 6.07) is 5.53. The predicted molar refractivity (Wildman–Crippen MR) is 103 cm³/mol. The Bertz CT molecular complexity index is 822. The van der Waals surface area contributed by atoms with Gasteiger partial charge in [0.15, 0.2) is 6.61 Å². The van der Waals surface area contributed by atoms with Crippen molar-refractivity contribution in [2.24, 2.45) is 16.9 Å². The minimum atomic E-state index is -5.03. The van der Waals surface area contributed by atoms with Gasteiger partial charge in [-0.1, -0.05) is 39.3 Å². The Balaban J connectivity index is 1.87. The van der Waals surface area contributed by atoms with Crippen molar-refractivity contribution in [2.75, 3.05) is 6.61 Å². The molecule has 5 nitrogen and oxygen atoms in total. The highest BCUT2D eigenvalue weighted by atomic mass is 19.4. The quantitative estimate of drug-likeness (QED) is 0.798. The molecule has 1 aromatic rings. The van der Waals surface area contributed by atoms with Gasteiger partial charge in [-0.15, -0.1) is 0 Å². The number of benzene rings is 1. The predicted octanol–water partition coefficient (Wildman–Crippen LogP) is 4.38. The molecule has 0 aromatic heterocycles. The van der Waals surface area contributed by atoms with Crippen LogP contribution in [0.1, 0.15) is 57.1 Å². The highest BCUT2D eigenvalue weighted by molar-refractivity contribution is 5.95. The van der Waals surface area contributed by atoms with E-state index in [1.54, 1.807) is 13.0 Å². The van der Waals surface area contributed by atoms with Gasteiger partial charge in [0.1, 0.15) is 5.75 Å². The first-order valence-corrected chi connectivity index (χ1v) is 9.90. The molecule has 29 heavy (non-hydrogen) atoms. The third-order valence-corrected chi connectivity index (χ3v) is 5.81. The van der Waals surface area contributed by atoms with Gasteiger partial charge in [0.05, 0.1) is 5.92 Å². The summed E-state index contributed by atoms with van der Waals surface area (Å²) in [5.74, 6) is -1.91. The zero-order valence-electron chi connectivity index (χ0n) is 17.1. The van der Waals surface area contributed by atoms with Gasteiger partial charge in [0, 0.05) is 5.71 Å². The summed E-state index contributed by atoms with van der Waals surface area (Å²) < 4.78 is 47.2. The average Bonchev–Trinajstić information content (AvgIpc) is 2.95. The van der Waals surface area contributed by atoms with Crippen molar-refractivity contribution in [1.29, 1.82) is 0 Å². The number of amides is 1. The number of hydrogen-bond acceptors (Lipinski definition) is 4. The summed E-state index contributed by atoms with van der Waals surface area (Å²) in [6.45, 7) is 6.91. The first kappa shape index (κ1) is 21.6. The van der Waals surface area contributed by atoms with Gasteiger partial charge >= 0.3 is 6.18 Å². The molecule has 0 saturated heterocycles. The Morgan fingerprint density at radius 2 is 2.07 bits per heavy atom. The number of nitrogens with zero attached hydrogens (tertiary/aromatic N) is 2. The largest absolute Gasteiger partial charge is 0.483 e. The first-order chi connectivity index (χ1) is 13.5. The fourth-order valence-corrected chi connectivity index (χ4v) is 4.19. The minimum absolute atomic E-state index is 0.114. The van der Waals surface area contributed by atoms with Crippen molar-refractivity contribution in [3.8, 4) is 5.75 Å². The molecular formula is C21H27F3N2O3. The van der Waals surface area contributed by atoms with E-state index in [-0.39, 0.29) is 29.0 Å². The second-order valence-corrected chi connectivity index (χ2v) is 8.32. The third-order valence-electron chi connectivity index (χ3n) is 5.81. The number of halogens is 3. The van der Waals surface area contributed by atoms with E-state index >= 15 is 0 Å². The van der Waals surface area contributed by atoms with Crippen molar-refractivity contribution < 1.29 is 27.8 Å². The van der Waals surface area contributed by atoms with Crippen molar-refractivity contribution >= 4 is 11.6 Å². The lowest BCUT2D eigenvalue weighted by Gasteiger charge is -2.38. The van der Waals surface area contributed by atoms with E-state index in [9.17, 15) is 23.1 Å². The van der Waals surface area contributed by atoms with Crippen molar-refractivity contribution in [1.82, 2.24) is 5.01 Å². The van der Waals surface area contributed by atoms with Crippen LogP contribution < -0.4 is 4.74 Å². The molecule has 1 fully saturated rings. The lowest BCUT2D eigenvalue weighted by atomic mass is 9.75. The number of fused-ring (bicyclic) bond motifs is 1. The van der Waals surface area contributed by atoms with E-state index in [1.165, 1.54) is 0 Å². The molecule has 1 aromatic carbocycles. The zero-order chi connectivity index (χ0) is 21.6. The Morgan fingerprint density at radius 1 is 1.38 bits per heavy atom. The van der Waals surface area contributed by atoms with Crippen molar-refractivity contribution in [3.63, 3.8) is 0 Å². The molecule has 1 amide bonds. The molecular weight excluding hydrogens is 385 g/mol. The second kappa shape index (κ2) is 7.63. The van der Waals surface area contributed by atoms with Crippen LogP contribution in [0.25, 0.3) is 0 Å². The van der Waals surface area contributed by atoms with E-state index in [2.05, 4.69) is 5.10 Å². The van der Waals surface area contributed by atoms with E-state index in [1.807, 2.05) is 32.9 Å². The standard InChI is InChI=1S/C21H27F3N2O3/c1-12(2)15-9-8-13(3)10-17(15)29-11-18(27)26-20(28,21(22,23)24)16-7-5-6-14(4)19(16)25-26/h8-10,12,14,16,28H,5-7,11H2,1-4H3/t14-,16-,20+/m1/s1. The maximum absolute atomic E-state index is 13.9. The summed E-state index contributed by atoms with van der Waals surface area (Å²) in [5, 5.41) is 14.8. The number of hydrazone groups is 1. The molecule has 0 spiro atoms. The summed E-state index contributed by atoms with van der Waals surface area (Å²) >= 11 is 0. The molecule has 3 rings (SSSR count). The van der Waals surface area contributed by atoms with Gasteiger partial charge in [-0.3, -0.25) is 4.79 Å². The molecule has 2 aliphatic rings. The fraction of sp³-hybridized carbons (Fsp3) is 0.619. The number of aliphatic hydroxyl groups is 1. The van der Waals surface area contributed by atoms with Crippen LogP contribution in [0.5, 0.6) is 5.75 Å². The fourth-order valence-electron chi connectivity index (χ4n) is 4.19. The monoisotopic (exact) mass is 412 g/mol. The highest BCUT2D eigenvalue weighted by Gasteiger charge is 2.69. The molecule has 3 atom stereocenters. The number of alkyl halides is 3. The molecule has 160 valence electrons. The summed E-state index contributed by atoms with van der Waals surface area (Å²) in [6.07, 6.45) is -3.66. The van der Waals surface area contributed by atoms with Gasteiger partial charge in [0.25, 0.3) is 11.6 Å². The highest BCUT2D eigenvalue weighted by Crippen LogP contribution is 2.49. The molecule has 1 aliphatic carbocycles. The normalized spacial score (nSPS) is 27.1. The van der Waals surface area contributed by atoms with Crippen molar-refractivity contribution in [3.05, 3.63) is 29.3 Å². The summed E-state index contributed by atoms with van der Waals surface area (Å²) in [5.41, 5.74) is -1.33. The first-order valence-electron chi connectivity index (χ1n) is 9.90. The third kappa shape index (κ3) is 3.74. The summed E-state index contributed by atoms with van der Waals surface area (Å²) in [7, 11) is 0.